The lowest BCUT2D eigenvalue weighted by molar-refractivity contribution is -0.141. The fraction of sp³-hybridized carbons (Fsp3) is 0.636. The van der Waals surface area contributed by atoms with Crippen molar-refractivity contribution in [1.82, 2.24) is 31.1 Å². The van der Waals surface area contributed by atoms with Gasteiger partial charge in [0.15, 0.2) is 6.23 Å². The number of aliphatic carboxylic acids is 1. The SMILES string of the molecule is CN[C@H](C(=O)N[C@H](C(=O)N(C)[C@H](/C=C(\C)C(=O)NCCCC[C@@H](NC(=O)CCCN1C(=O)CC(SC[C@H](N)C(=O)O)C1=O)OC=O)C(C)C)C(C)(C)C)C(C)(C)c1ccccc1. The molecule has 346 valence electrons. The summed E-state index contributed by atoms with van der Waals surface area (Å²) in [5.41, 5.74) is 5.64. The van der Waals surface area contributed by atoms with Crippen LogP contribution >= 0.6 is 11.8 Å². The number of amides is 6. The van der Waals surface area contributed by atoms with Gasteiger partial charge in [-0.25, -0.2) is 0 Å². The van der Waals surface area contributed by atoms with Crippen molar-refractivity contribution in [3.05, 3.63) is 47.5 Å². The van der Waals surface area contributed by atoms with Crippen molar-refractivity contribution >= 4 is 59.6 Å². The molecule has 1 unspecified atom stereocenters. The van der Waals surface area contributed by atoms with Gasteiger partial charge in [0.2, 0.25) is 35.4 Å². The van der Waals surface area contributed by atoms with Gasteiger partial charge in [0.25, 0.3) is 6.47 Å². The molecule has 6 amide bonds. The molecule has 0 aromatic heterocycles. The van der Waals surface area contributed by atoms with Crippen molar-refractivity contribution in [3.8, 4) is 0 Å². The molecule has 0 radical (unpaired) electrons. The van der Waals surface area contributed by atoms with Gasteiger partial charge in [-0.2, -0.15) is 0 Å². The first kappa shape index (κ1) is 53.3. The Bertz CT molecular complexity index is 1750. The van der Waals surface area contributed by atoms with Crippen LogP contribution in [0.4, 0.5) is 0 Å². The number of nitrogens with zero attached hydrogens (tertiary/aromatic N) is 2. The average Bonchev–Trinajstić information content (AvgIpc) is 3.47. The Morgan fingerprint density at radius 3 is 2.23 bits per heavy atom. The second kappa shape index (κ2) is 24.7. The highest BCUT2D eigenvalue weighted by Gasteiger charge is 2.42. The zero-order valence-corrected chi connectivity index (χ0v) is 38.8. The third kappa shape index (κ3) is 15.8. The molecule has 1 fully saturated rings. The van der Waals surface area contributed by atoms with Crippen LogP contribution in [-0.4, -0.2) is 131 Å². The largest absolute Gasteiger partial charge is 0.480 e. The van der Waals surface area contributed by atoms with Gasteiger partial charge < -0.3 is 41.7 Å². The quantitative estimate of drug-likeness (QED) is 0.0258. The van der Waals surface area contributed by atoms with Gasteiger partial charge in [0.1, 0.15) is 12.1 Å². The molecular formula is C44H69N7O10S. The van der Waals surface area contributed by atoms with Crippen LogP contribution in [0.15, 0.2) is 42.0 Å². The zero-order valence-electron chi connectivity index (χ0n) is 37.9. The Hall–Kier alpha value is -4.81. The van der Waals surface area contributed by atoms with Gasteiger partial charge in [-0.3, -0.25) is 43.3 Å². The molecule has 1 aromatic rings. The molecule has 17 nitrogen and oxygen atoms in total. The highest BCUT2D eigenvalue weighted by Crippen LogP contribution is 2.29. The molecule has 0 aliphatic carbocycles. The molecule has 0 saturated carbocycles. The molecule has 2 rings (SSSR count). The topological polar surface area (TPSA) is 247 Å². The number of likely N-dealkylation sites (tertiary alicyclic amines) is 1. The van der Waals surface area contributed by atoms with Crippen LogP contribution in [0.3, 0.4) is 0 Å². The number of nitrogens with two attached hydrogens (primary N) is 1. The molecular weight excluding hydrogens is 819 g/mol. The number of benzene rings is 1. The molecule has 1 aromatic carbocycles. The Labute approximate surface area is 370 Å². The van der Waals surface area contributed by atoms with Crippen LogP contribution in [0.5, 0.6) is 0 Å². The maximum absolute atomic E-state index is 14.2. The van der Waals surface area contributed by atoms with Crippen LogP contribution in [0, 0.1) is 11.3 Å². The summed E-state index contributed by atoms with van der Waals surface area (Å²) in [6.45, 7) is 15.7. The number of carbonyl (C=O) groups is 8. The summed E-state index contributed by atoms with van der Waals surface area (Å²) in [7, 11) is 3.40. The summed E-state index contributed by atoms with van der Waals surface area (Å²) in [6, 6.07) is 6.59. The molecule has 0 spiro atoms. The zero-order chi connectivity index (χ0) is 46.9. The number of rotatable bonds is 26. The summed E-state index contributed by atoms with van der Waals surface area (Å²) in [4.78, 5) is 104. The third-order valence-corrected chi connectivity index (χ3v) is 12.3. The average molecular weight is 888 g/mol. The molecule has 1 heterocycles. The van der Waals surface area contributed by atoms with Crippen molar-refractivity contribution in [3.63, 3.8) is 0 Å². The van der Waals surface area contributed by atoms with Gasteiger partial charge in [0.05, 0.1) is 17.3 Å². The number of hydrogen-bond donors (Lipinski definition) is 6. The van der Waals surface area contributed by atoms with E-state index in [0.29, 0.717) is 18.4 Å². The van der Waals surface area contributed by atoms with E-state index in [1.807, 2.05) is 78.8 Å². The number of nitrogens with one attached hydrogen (secondary N) is 4. The van der Waals surface area contributed by atoms with E-state index >= 15 is 0 Å². The van der Waals surface area contributed by atoms with E-state index in [4.69, 9.17) is 15.6 Å². The van der Waals surface area contributed by atoms with E-state index < -0.39 is 70.2 Å². The van der Waals surface area contributed by atoms with E-state index in [0.717, 1.165) is 22.2 Å². The van der Waals surface area contributed by atoms with Crippen LogP contribution in [0.2, 0.25) is 0 Å². The van der Waals surface area contributed by atoms with Gasteiger partial charge in [-0.1, -0.05) is 84.9 Å². The van der Waals surface area contributed by atoms with E-state index in [2.05, 4.69) is 21.3 Å². The second-order valence-corrected chi connectivity index (χ2v) is 18.9. The van der Waals surface area contributed by atoms with E-state index in [1.165, 1.54) is 0 Å². The van der Waals surface area contributed by atoms with Crippen molar-refractivity contribution in [2.24, 2.45) is 17.1 Å². The minimum absolute atomic E-state index is 0.00555. The summed E-state index contributed by atoms with van der Waals surface area (Å²) in [5.74, 6) is -3.52. The highest BCUT2D eigenvalue weighted by molar-refractivity contribution is 8.00. The van der Waals surface area contributed by atoms with Crippen molar-refractivity contribution in [2.45, 2.75) is 135 Å². The highest BCUT2D eigenvalue weighted by atomic mass is 32.2. The number of carboxylic acid groups (broad SMARTS) is 1. The molecule has 62 heavy (non-hydrogen) atoms. The Balaban J connectivity index is 1.92. The predicted molar refractivity (Wildman–Crippen MR) is 237 cm³/mol. The van der Waals surface area contributed by atoms with Crippen molar-refractivity contribution < 1.29 is 48.2 Å². The minimum Gasteiger partial charge on any atom is -0.480 e. The standard InChI is InChI=1S/C44H69N7O10S/c1-27(2)31(50(10)41(58)37(43(4,5)6)49-39(56)36(46-9)44(7,8)29-17-12-11-13-18-29)23-28(3)38(55)47-21-15-14-20-34(61-26-52)48-33(53)19-16-22-51-35(54)24-32(40(51)57)62-25-30(45)42(59)60/h11-13,17-18,23,26-27,30-32,34,36-37,46H,14-16,19-22,24-25,45H2,1-10H3,(H,47,55)(H,48,53)(H,49,56)(H,59,60)/b28-23+/t30-,31+,32?,34-,36+,37+/m0/s1. The van der Waals surface area contributed by atoms with Crippen molar-refractivity contribution in [2.75, 3.05) is 32.9 Å². The summed E-state index contributed by atoms with van der Waals surface area (Å²) >= 11 is 1.01. The van der Waals surface area contributed by atoms with Crippen LogP contribution in [0.1, 0.15) is 99.5 Å². The number of thioether (sulfide) groups is 1. The van der Waals surface area contributed by atoms with Gasteiger partial charge >= 0.3 is 5.97 Å². The maximum Gasteiger partial charge on any atom is 0.321 e. The summed E-state index contributed by atoms with van der Waals surface area (Å²) in [5, 5.41) is 19.9. The first-order chi connectivity index (χ1) is 29.0. The predicted octanol–water partition coefficient (Wildman–Crippen LogP) is 2.47. The number of carbonyl (C=O) groups excluding carboxylic acids is 7. The monoisotopic (exact) mass is 887 g/mol. The third-order valence-electron chi connectivity index (χ3n) is 10.9. The number of carboxylic acids is 1. The van der Waals surface area contributed by atoms with Gasteiger partial charge in [-0.05, 0) is 50.1 Å². The number of unbranched alkanes of at least 4 members (excludes halogenated alkanes) is 1. The molecule has 1 saturated heterocycles. The second-order valence-electron chi connectivity index (χ2n) is 17.6. The Morgan fingerprint density at radius 2 is 1.66 bits per heavy atom. The molecule has 18 heteroatoms. The fourth-order valence-electron chi connectivity index (χ4n) is 7.16. The maximum atomic E-state index is 14.2. The lowest BCUT2D eigenvalue weighted by Crippen LogP contribution is -2.61. The summed E-state index contributed by atoms with van der Waals surface area (Å²) < 4.78 is 5.05. The van der Waals surface area contributed by atoms with Crippen molar-refractivity contribution in [1.29, 1.82) is 0 Å². The molecule has 6 atom stereocenters. The van der Waals surface area contributed by atoms with Gasteiger partial charge in [0, 0.05) is 56.1 Å². The Morgan fingerprint density at radius 1 is 1.02 bits per heavy atom. The molecule has 0 bridgehead atoms. The number of hydrogen-bond acceptors (Lipinski definition) is 12. The molecule has 1 aliphatic rings. The first-order valence-corrected chi connectivity index (χ1v) is 22.1. The van der Waals surface area contributed by atoms with E-state index in [9.17, 15) is 38.4 Å². The van der Waals surface area contributed by atoms with E-state index in [-0.39, 0.29) is 74.6 Å². The molecule has 1 aliphatic heterocycles. The Kier molecular flexibility index (Phi) is 21.3. The fourth-order valence-corrected chi connectivity index (χ4v) is 8.27. The molecule has 7 N–H and O–H groups in total. The van der Waals surface area contributed by atoms with Crippen LogP contribution in [-0.2, 0) is 48.5 Å². The van der Waals surface area contributed by atoms with Crippen LogP contribution < -0.4 is 27.0 Å². The smallest absolute Gasteiger partial charge is 0.321 e. The lowest BCUT2D eigenvalue weighted by atomic mass is 9.76. The van der Waals surface area contributed by atoms with E-state index in [1.54, 1.807) is 32.0 Å². The number of likely N-dealkylation sites (N-methyl/N-ethyl adjacent to an activating group) is 2. The first-order valence-electron chi connectivity index (χ1n) is 21.1. The number of imide groups is 1. The van der Waals surface area contributed by atoms with Gasteiger partial charge in [-0.15, -0.1) is 11.8 Å². The minimum atomic E-state index is -1.20. The van der Waals surface area contributed by atoms with Crippen LogP contribution in [0.25, 0.3) is 0 Å². The number of ether oxygens (including phenoxy) is 1. The normalized spacial score (nSPS) is 17.1. The lowest BCUT2D eigenvalue weighted by Gasteiger charge is -2.40. The summed E-state index contributed by atoms with van der Waals surface area (Å²) in [6.07, 6.45) is 2.12.